The highest BCUT2D eigenvalue weighted by atomic mass is 32.1. The molecule has 1 fully saturated rings. The smallest absolute Gasteiger partial charge is 0.410 e. The topological polar surface area (TPSA) is 58.6 Å². The quantitative estimate of drug-likeness (QED) is 0.880. The Hall–Kier alpha value is -2.08. The molecule has 1 aromatic carbocycles. The van der Waals surface area contributed by atoms with Crippen molar-refractivity contribution >= 4 is 33.4 Å². The first-order chi connectivity index (χ1) is 11.8. The van der Waals surface area contributed by atoms with E-state index in [9.17, 15) is 9.59 Å². The summed E-state index contributed by atoms with van der Waals surface area (Å²) in [5, 5.41) is 4.19. The Bertz CT molecular complexity index is 737. The molecule has 0 unspecified atom stereocenters. The minimum absolute atomic E-state index is 0.0306. The van der Waals surface area contributed by atoms with Crippen LogP contribution in [-0.2, 0) is 4.74 Å². The third-order valence-electron chi connectivity index (χ3n) is 4.13. The first kappa shape index (κ1) is 17.7. The van der Waals surface area contributed by atoms with E-state index >= 15 is 0 Å². The van der Waals surface area contributed by atoms with Gasteiger partial charge < -0.3 is 15.0 Å². The highest BCUT2D eigenvalue weighted by Gasteiger charge is 2.27. The van der Waals surface area contributed by atoms with Crippen LogP contribution >= 0.6 is 11.3 Å². The van der Waals surface area contributed by atoms with Gasteiger partial charge in [0, 0.05) is 23.8 Å². The standard InChI is InChI=1S/C19H24N2O3S/c1-19(2,3)24-18(23)21-10-8-14(9-11-21)20-17(22)16-12-13-6-4-5-7-15(13)25-16/h4-7,12,14H,8-11H2,1-3H3,(H,20,22). The van der Waals surface area contributed by atoms with Crippen LogP contribution in [0.4, 0.5) is 4.79 Å². The largest absolute Gasteiger partial charge is 0.444 e. The first-order valence-electron chi connectivity index (χ1n) is 8.59. The van der Waals surface area contributed by atoms with Crippen LogP contribution in [0.2, 0.25) is 0 Å². The molecule has 25 heavy (non-hydrogen) atoms. The van der Waals surface area contributed by atoms with Gasteiger partial charge in [0.25, 0.3) is 5.91 Å². The number of fused-ring (bicyclic) bond motifs is 1. The molecule has 0 aliphatic carbocycles. The van der Waals surface area contributed by atoms with Crippen LogP contribution in [0.1, 0.15) is 43.3 Å². The van der Waals surface area contributed by atoms with E-state index in [-0.39, 0.29) is 18.0 Å². The molecular weight excluding hydrogens is 336 g/mol. The van der Waals surface area contributed by atoms with Crippen molar-refractivity contribution in [2.45, 2.75) is 45.3 Å². The zero-order valence-corrected chi connectivity index (χ0v) is 15.7. The van der Waals surface area contributed by atoms with Crippen molar-refractivity contribution in [3.05, 3.63) is 35.2 Å². The summed E-state index contributed by atoms with van der Waals surface area (Å²) in [6, 6.07) is 10.0. The zero-order chi connectivity index (χ0) is 18.0. The number of carbonyl (C=O) groups is 2. The molecule has 2 aromatic rings. The second-order valence-electron chi connectivity index (χ2n) is 7.36. The van der Waals surface area contributed by atoms with Gasteiger partial charge in [0.15, 0.2) is 0 Å². The number of likely N-dealkylation sites (tertiary alicyclic amines) is 1. The second kappa shape index (κ2) is 7.04. The van der Waals surface area contributed by atoms with E-state index < -0.39 is 5.60 Å². The predicted molar refractivity (Wildman–Crippen MR) is 100 cm³/mol. The van der Waals surface area contributed by atoms with E-state index in [0.29, 0.717) is 13.1 Å². The molecule has 6 heteroatoms. The first-order valence-corrected chi connectivity index (χ1v) is 9.41. The Morgan fingerprint density at radius 2 is 1.88 bits per heavy atom. The number of piperidine rings is 1. The third-order valence-corrected chi connectivity index (χ3v) is 5.25. The maximum absolute atomic E-state index is 12.5. The van der Waals surface area contributed by atoms with Crippen molar-refractivity contribution in [1.29, 1.82) is 0 Å². The molecule has 0 atom stereocenters. The molecule has 1 aliphatic heterocycles. The van der Waals surface area contributed by atoms with E-state index in [1.807, 2.05) is 51.1 Å². The maximum Gasteiger partial charge on any atom is 0.410 e. The van der Waals surface area contributed by atoms with Gasteiger partial charge in [0.05, 0.1) is 4.88 Å². The van der Waals surface area contributed by atoms with Crippen LogP contribution in [0.5, 0.6) is 0 Å². The summed E-state index contributed by atoms with van der Waals surface area (Å²) in [5.41, 5.74) is -0.483. The summed E-state index contributed by atoms with van der Waals surface area (Å²) in [4.78, 5) is 27.0. The minimum Gasteiger partial charge on any atom is -0.444 e. The molecule has 0 radical (unpaired) electrons. The SMILES string of the molecule is CC(C)(C)OC(=O)N1CCC(NC(=O)c2cc3ccccc3s2)CC1. The molecule has 5 nitrogen and oxygen atoms in total. The van der Waals surface area contributed by atoms with Crippen molar-refractivity contribution in [1.82, 2.24) is 10.2 Å². The molecule has 0 saturated carbocycles. The highest BCUT2D eigenvalue weighted by Crippen LogP contribution is 2.25. The molecule has 1 aliphatic rings. The lowest BCUT2D eigenvalue weighted by Gasteiger charge is -2.33. The molecule has 2 heterocycles. The normalized spacial score (nSPS) is 16.0. The third kappa shape index (κ3) is 4.51. The van der Waals surface area contributed by atoms with Gasteiger partial charge in [-0.2, -0.15) is 0 Å². The fraction of sp³-hybridized carbons (Fsp3) is 0.474. The van der Waals surface area contributed by atoms with Crippen molar-refractivity contribution < 1.29 is 14.3 Å². The second-order valence-corrected chi connectivity index (χ2v) is 8.45. The number of thiophene rings is 1. The van der Waals surface area contributed by atoms with Gasteiger partial charge in [-0.3, -0.25) is 4.79 Å². The summed E-state index contributed by atoms with van der Waals surface area (Å²) >= 11 is 1.51. The van der Waals surface area contributed by atoms with Gasteiger partial charge >= 0.3 is 6.09 Å². The Balaban J connectivity index is 1.53. The van der Waals surface area contributed by atoms with Crippen molar-refractivity contribution in [2.75, 3.05) is 13.1 Å². The van der Waals surface area contributed by atoms with E-state index in [2.05, 4.69) is 5.32 Å². The van der Waals surface area contributed by atoms with Crippen LogP contribution < -0.4 is 5.32 Å². The average molecular weight is 360 g/mol. The van der Waals surface area contributed by atoms with Gasteiger partial charge in [-0.05, 0) is 51.1 Å². The number of hydrogen-bond acceptors (Lipinski definition) is 4. The number of rotatable bonds is 2. The summed E-state index contributed by atoms with van der Waals surface area (Å²) in [6.07, 6.45) is 1.22. The van der Waals surface area contributed by atoms with Crippen molar-refractivity contribution in [3.63, 3.8) is 0 Å². The fourth-order valence-corrected chi connectivity index (χ4v) is 3.85. The zero-order valence-electron chi connectivity index (χ0n) is 14.9. The van der Waals surface area contributed by atoms with Crippen LogP contribution in [0, 0.1) is 0 Å². The number of nitrogens with one attached hydrogen (secondary N) is 1. The van der Waals surface area contributed by atoms with Gasteiger partial charge in [-0.15, -0.1) is 11.3 Å². The fourth-order valence-electron chi connectivity index (χ4n) is 2.88. The number of nitrogens with zero attached hydrogens (tertiary/aromatic N) is 1. The summed E-state index contributed by atoms with van der Waals surface area (Å²) < 4.78 is 6.52. The number of hydrogen-bond donors (Lipinski definition) is 1. The Labute approximate surface area is 152 Å². The minimum atomic E-state index is -0.483. The van der Waals surface area contributed by atoms with Crippen molar-refractivity contribution in [3.8, 4) is 0 Å². The summed E-state index contributed by atoms with van der Waals surface area (Å²) in [5.74, 6) is -0.0306. The average Bonchev–Trinajstić information content (AvgIpc) is 2.98. The molecule has 3 rings (SSSR count). The molecule has 1 N–H and O–H groups in total. The number of benzene rings is 1. The molecule has 2 amide bonds. The van der Waals surface area contributed by atoms with E-state index in [1.165, 1.54) is 11.3 Å². The lowest BCUT2D eigenvalue weighted by molar-refractivity contribution is 0.0200. The Kier molecular flexibility index (Phi) is 4.99. The monoisotopic (exact) mass is 360 g/mol. The van der Waals surface area contributed by atoms with E-state index in [1.54, 1.807) is 4.90 Å². The Morgan fingerprint density at radius 1 is 1.20 bits per heavy atom. The van der Waals surface area contributed by atoms with Gasteiger partial charge in [-0.25, -0.2) is 4.79 Å². The van der Waals surface area contributed by atoms with Crippen LogP contribution in [0.15, 0.2) is 30.3 Å². The Morgan fingerprint density at radius 3 is 2.52 bits per heavy atom. The lowest BCUT2D eigenvalue weighted by Crippen LogP contribution is -2.47. The summed E-state index contributed by atoms with van der Waals surface area (Å²) in [7, 11) is 0. The molecule has 1 saturated heterocycles. The maximum atomic E-state index is 12.5. The van der Waals surface area contributed by atoms with Gasteiger partial charge in [-0.1, -0.05) is 18.2 Å². The van der Waals surface area contributed by atoms with E-state index in [4.69, 9.17) is 4.74 Å². The number of amides is 2. The molecule has 0 spiro atoms. The number of carbonyl (C=O) groups excluding carboxylic acids is 2. The summed E-state index contributed by atoms with van der Waals surface area (Å²) in [6.45, 7) is 6.80. The van der Waals surface area contributed by atoms with Crippen LogP contribution in [0.25, 0.3) is 10.1 Å². The highest BCUT2D eigenvalue weighted by molar-refractivity contribution is 7.20. The van der Waals surface area contributed by atoms with Crippen LogP contribution in [0.3, 0.4) is 0 Å². The number of ether oxygens (including phenoxy) is 1. The van der Waals surface area contributed by atoms with Crippen molar-refractivity contribution in [2.24, 2.45) is 0 Å². The molecule has 0 bridgehead atoms. The lowest BCUT2D eigenvalue weighted by atomic mass is 10.1. The van der Waals surface area contributed by atoms with Gasteiger partial charge in [0.2, 0.25) is 0 Å². The van der Waals surface area contributed by atoms with E-state index in [0.717, 1.165) is 27.8 Å². The molecular formula is C19H24N2O3S. The predicted octanol–water partition coefficient (Wildman–Crippen LogP) is 4.03. The molecule has 1 aromatic heterocycles. The van der Waals surface area contributed by atoms with Gasteiger partial charge in [0.1, 0.15) is 5.60 Å². The molecule has 134 valence electrons. The van der Waals surface area contributed by atoms with Crippen LogP contribution in [-0.4, -0.2) is 41.6 Å².